The molecule has 17 heteroatoms. The Balaban J connectivity index is 0.00000245. The van der Waals surface area contributed by atoms with Crippen LogP contribution in [0.25, 0.3) is 22.6 Å². The molecule has 0 saturated heterocycles. The van der Waals surface area contributed by atoms with E-state index in [1.807, 2.05) is 20.8 Å². The van der Waals surface area contributed by atoms with Crippen LogP contribution in [0.3, 0.4) is 0 Å². The first kappa shape index (κ1) is 34.2. The number of benzene rings is 2. The normalized spacial score (nSPS) is 11.3. The second kappa shape index (κ2) is 16.0. The molecular weight excluding hydrogens is 624 g/mol. The Labute approximate surface area is 273 Å². The van der Waals surface area contributed by atoms with Crippen LogP contribution in [0, 0.1) is 6.92 Å². The zero-order chi connectivity index (χ0) is 33.9. The summed E-state index contributed by atoms with van der Waals surface area (Å²) >= 11 is 1.46. The van der Waals surface area contributed by atoms with E-state index in [9.17, 15) is 19.5 Å². The number of aromatic nitrogens is 8. The number of carboxylic acids is 1. The van der Waals surface area contributed by atoms with E-state index in [0.717, 1.165) is 10.5 Å². The summed E-state index contributed by atoms with van der Waals surface area (Å²) in [5.41, 5.74) is 14.9. The van der Waals surface area contributed by atoms with Crippen molar-refractivity contribution in [2.75, 3.05) is 18.0 Å². The molecule has 0 bridgehead atoms. The third-order valence-electron chi connectivity index (χ3n) is 6.57. The van der Waals surface area contributed by atoms with Crippen LogP contribution < -0.4 is 22.1 Å². The highest BCUT2D eigenvalue weighted by atomic mass is 32.2. The van der Waals surface area contributed by atoms with Crippen LogP contribution >= 0.6 is 11.8 Å². The van der Waals surface area contributed by atoms with Gasteiger partial charge in [-0.15, -0.1) is 22.0 Å². The molecule has 2 aromatic carbocycles. The molecule has 3 heterocycles. The zero-order valence-electron chi connectivity index (χ0n) is 25.9. The van der Waals surface area contributed by atoms with Crippen molar-refractivity contribution in [1.82, 2.24) is 51.2 Å². The van der Waals surface area contributed by atoms with Crippen molar-refractivity contribution < 1.29 is 19.5 Å². The first-order valence-corrected chi connectivity index (χ1v) is 15.6. The van der Waals surface area contributed by atoms with Gasteiger partial charge >= 0.3 is 5.97 Å². The minimum absolute atomic E-state index is 0.0228. The van der Waals surface area contributed by atoms with E-state index < -0.39 is 17.9 Å². The second-order valence-corrected chi connectivity index (χ2v) is 10.9. The van der Waals surface area contributed by atoms with Crippen molar-refractivity contribution in [2.24, 2.45) is 0 Å². The van der Waals surface area contributed by atoms with Gasteiger partial charge in [-0.1, -0.05) is 25.5 Å². The number of anilines is 2. The Hall–Kier alpha value is -5.71. The number of nitrogens with one attached hydrogen (secondary N) is 3. The smallest absolute Gasteiger partial charge is 0.326 e. The topological polar surface area (TPSA) is 254 Å². The number of aromatic amines is 1. The number of carbonyl (C=O) groups excluding carboxylic acids is 2. The molecule has 16 nitrogen and oxygen atoms in total. The summed E-state index contributed by atoms with van der Waals surface area (Å²) in [6.07, 6.45) is 2.00. The maximum Gasteiger partial charge on any atom is 0.326 e. The van der Waals surface area contributed by atoms with E-state index in [1.165, 1.54) is 11.8 Å². The van der Waals surface area contributed by atoms with Crippen molar-refractivity contribution in [1.29, 1.82) is 0 Å². The molecule has 5 rings (SSSR count). The fourth-order valence-corrected chi connectivity index (χ4v) is 5.11. The maximum atomic E-state index is 12.8. The minimum atomic E-state index is -1.18. The molecule has 0 fully saturated rings. The van der Waals surface area contributed by atoms with E-state index in [1.54, 1.807) is 48.7 Å². The third-order valence-corrected chi connectivity index (χ3v) is 7.61. The fraction of sp³-hybridized carbons (Fsp3) is 0.267. The molecule has 47 heavy (non-hydrogen) atoms. The van der Waals surface area contributed by atoms with Gasteiger partial charge in [-0.2, -0.15) is 15.2 Å². The summed E-state index contributed by atoms with van der Waals surface area (Å²) in [7, 11) is 0. The Bertz CT molecular complexity index is 1850. The van der Waals surface area contributed by atoms with E-state index in [4.69, 9.17) is 11.5 Å². The largest absolute Gasteiger partial charge is 0.480 e. The highest BCUT2D eigenvalue weighted by Crippen LogP contribution is 2.24. The van der Waals surface area contributed by atoms with Crippen LogP contribution in [0.15, 0.2) is 53.6 Å². The van der Waals surface area contributed by atoms with Crippen molar-refractivity contribution in [3.63, 3.8) is 0 Å². The number of fused-ring (bicyclic) bond motifs is 1. The van der Waals surface area contributed by atoms with Crippen molar-refractivity contribution in [2.45, 2.75) is 50.3 Å². The lowest BCUT2D eigenvalue weighted by atomic mass is 10.0. The number of hydrogen-bond acceptors (Lipinski definition) is 13. The first-order valence-electron chi connectivity index (χ1n) is 14.6. The number of aliphatic carboxylic acids is 1. The molecule has 0 saturated carbocycles. The number of aryl methyl sites for hydroxylation is 1. The third kappa shape index (κ3) is 8.94. The van der Waals surface area contributed by atoms with Gasteiger partial charge in [0.05, 0.1) is 17.5 Å². The number of carboxylic acid groups (broad SMARTS) is 1. The molecule has 0 aliphatic heterocycles. The van der Waals surface area contributed by atoms with Crippen molar-refractivity contribution in [3.8, 4) is 11.4 Å². The average molecular weight is 659 g/mol. The second-order valence-electron chi connectivity index (χ2n) is 9.86. The molecule has 1 atom stereocenters. The molecule has 2 amide bonds. The van der Waals surface area contributed by atoms with Gasteiger partial charge in [0.25, 0.3) is 11.8 Å². The monoisotopic (exact) mass is 658 g/mol. The number of tetrazole rings is 1. The Morgan fingerprint density at radius 2 is 1.79 bits per heavy atom. The number of amides is 2. The van der Waals surface area contributed by atoms with Crippen LogP contribution in [-0.4, -0.2) is 76.0 Å². The van der Waals surface area contributed by atoms with Crippen LogP contribution in [0.1, 0.15) is 58.7 Å². The van der Waals surface area contributed by atoms with Gasteiger partial charge in [0.15, 0.2) is 17.0 Å². The number of nitrogen functional groups attached to an aromatic ring is 2. The van der Waals surface area contributed by atoms with Crippen LogP contribution in [0.4, 0.5) is 11.8 Å². The van der Waals surface area contributed by atoms with E-state index in [-0.39, 0.29) is 36.5 Å². The van der Waals surface area contributed by atoms with E-state index >= 15 is 0 Å². The van der Waals surface area contributed by atoms with Crippen LogP contribution in [0.2, 0.25) is 0 Å². The quantitative estimate of drug-likeness (QED) is 0.0833. The lowest BCUT2D eigenvalue weighted by molar-refractivity contribution is -0.139. The van der Waals surface area contributed by atoms with Gasteiger partial charge in [0.1, 0.15) is 6.04 Å². The number of hydrogen-bond donors (Lipinski definition) is 6. The van der Waals surface area contributed by atoms with Gasteiger partial charge in [-0.3, -0.25) is 9.59 Å². The molecule has 0 unspecified atom stereocenters. The number of nitrogens with zero attached hydrogens (tertiary/aromatic N) is 7. The van der Waals surface area contributed by atoms with E-state index in [2.05, 4.69) is 51.2 Å². The molecular formula is C30H34N12O4S. The van der Waals surface area contributed by atoms with Crippen LogP contribution in [-0.2, 0) is 10.5 Å². The summed E-state index contributed by atoms with van der Waals surface area (Å²) in [5.74, 6) is -1.13. The SMILES string of the molecule is CC.Cc1ccc(C(=O)NCCC[C@H](NC(=O)c2ccc(SCc3cnc4nc(N)nc(N)c4n3)cc2)C(=O)O)c(-c2nn[nH]n2)c1. The van der Waals surface area contributed by atoms with Gasteiger partial charge in [0, 0.05) is 28.3 Å². The Kier molecular flexibility index (Phi) is 11.7. The molecule has 0 aliphatic rings. The molecule has 0 aliphatic carbocycles. The summed E-state index contributed by atoms with van der Waals surface area (Å²) in [4.78, 5) is 55.0. The highest BCUT2D eigenvalue weighted by Gasteiger charge is 2.21. The molecule has 8 N–H and O–H groups in total. The molecule has 0 radical (unpaired) electrons. The average Bonchev–Trinajstić information content (AvgIpc) is 3.61. The molecule has 244 valence electrons. The number of rotatable bonds is 12. The highest BCUT2D eigenvalue weighted by molar-refractivity contribution is 7.98. The van der Waals surface area contributed by atoms with Crippen molar-refractivity contribution >= 4 is 52.5 Å². The lowest BCUT2D eigenvalue weighted by Gasteiger charge is -2.15. The van der Waals surface area contributed by atoms with Crippen LogP contribution in [0.5, 0.6) is 0 Å². The first-order chi connectivity index (χ1) is 22.7. The Morgan fingerprint density at radius 1 is 1.02 bits per heavy atom. The minimum Gasteiger partial charge on any atom is -0.480 e. The van der Waals surface area contributed by atoms with Gasteiger partial charge in [-0.05, 0) is 61.4 Å². The zero-order valence-corrected chi connectivity index (χ0v) is 26.7. The standard InChI is InChI=1S/C28H28N12O4S.C2H6/c1-14-4-9-18(19(11-14)23-37-39-40-38-23)26(42)31-10-2-3-20(27(43)44)34-25(41)15-5-7-17(8-6-15)45-13-16-12-32-24-21(33-16)22(29)35-28(30)36-24;1-2/h4-9,11-12,20H,2-3,10,13H2,1H3,(H,31,42)(H,34,41)(H,43,44)(H,37,38,39,40)(H4,29,30,32,35,36);1-2H3/t20-;/m0./s1. The van der Waals surface area contributed by atoms with E-state index in [0.29, 0.717) is 45.7 Å². The van der Waals surface area contributed by atoms with Gasteiger partial charge in [0.2, 0.25) is 11.8 Å². The predicted octanol–water partition coefficient (Wildman–Crippen LogP) is 2.78. The maximum absolute atomic E-state index is 12.8. The molecule has 3 aromatic heterocycles. The summed E-state index contributed by atoms with van der Waals surface area (Å²) < 4.78 is 0. The Morgan fingerprint density at radius 3 is 2.49 bits per heavy atom. The number of H-pyrrole nitrogens is 1. The molecule has 5 aromatic rings. The summed E-state index contributed by atoms with van der Waals surface area (Å²) in [6, 6.07) is 10.8. The number of carbonyl (C=O) groups is 3. The molecule has 0 spiro atoms. The lowest BCUT2D eigenvalue weighted by Crippen LogP contribution is -2.41. The number of nitrogens with two attached hydrogens (primary N) is 2. The van der Waals surface area contributed by atoms with Gasteiger partial charge in [-0.25, -0.2) is 14.8 Å². The predicted molar refractivity (Wildman–Crippen MR) is 176 cm³/mol. The number of thioether (sulfide) groups is 1. The van der Waals surface area contributed by atoms with Gasteiger partial charge < -0.3 is 27.2 Å². The van der Waals surface area contributed by atoms with Crippen molar-refractivity contribution in [3.05, 3.63) is 71.0 Å². The fourth-order valence-electron chi connectivity index (χ4n) is 4.33. The summed E-state index contributed by atoms with van der Waals surface area (Å²) in [6.45, 7) is 6.08. The summed E-state index contributed by atoms with van der Waals surface area (Å²) in [5, 5.41) is 28.8.